The van der Waals surface area contributed by atoms with E-state index < -0.39 is 10.0 Å². The van der Waals surface area contributed by atoms with Gasteiger partial charge in [0.25, 0.3) is 10.0 Å². The fraction of sp³-hybridized carbons (Fsp3) is 0.182. The van der Waals surface area contributed by atoms with Crippen LogP contribution in [0.15, 0.2) is 41.6 Å². The van der Waals surface area contributed by atoms with E-state index in [0.717, 1.165) is 5.56 Å². The van der Waals surface area contributed by atoms with E-state index in [9.17, 15) is 8.42 Å². The lowest BCUT2D eigenvalue weighted by Crippen LogP contribution is -2.25. The number of anilines is 1. The lowest BCUT2D eigenvalue weighted by Gasteiger charge is -2.07. The minimum absolute atomic E-state index is 0.131. The van der Waals surface area contributed by atoms with E-state index in [1.54, 1.807) is 25.2 Å². The Balaban J connectivity index is 2.13. The molecule has 3 N–H and O–H groups in total. The fourth-order valence-electron chi connectivity index (χ4n) is 1.58. The van der Waals surface area contributed by atoms with Crippen LogP contribution < -0.4 is 10.5 Å². The highest BCUT2D eigenvalue weighted by molar-refractivity contribution is 7.89. The van der Waals surface area contributed by atoms with Crippen LogP contribution in [0.1, 0.15) is 5.56 Å². The number of nitrogens with zero attached hydrogens (tertiary/aromatic N) is 2. The van der Waals surface area contributed by atoms with Crippen molar-refractivity contribution >= 4 is 15.7 Å². The van der Waals surface area contributed by atoms with Gasteiger partial charge in [0.05, 0.1) is 6.20 Å². The van der Waals surface area contributed by atoms with Crippen LogP contribution >= 0.6 is 0 Å². The number of hydrogen-bond donors (Lipinski definition) is 2. The molecule has 0 atom stereocenters. The molecule has 0 saturated carbocycles. The third-order valence-electron chi connectivity index (χ3n) is 2.47. The summed E-state index contributed by atoms with van der Waals surface area (Å²) in [6, 6.07) is 8.51. The van der Waals surface area contributed by atoms with Gasteiger partial charge in [-0.05, 0) is 23.8 Å². The number of nitrogens with two attached hydrogens (primary N) is 1. The molecule has 2 aromatic rings. The molecule has 0 amide bonds. The molecule has 1 heterocycles. The maximum atomic E-state index is 12.0. The second-order valence-electron chi connectivity index (χ2n) is 3.86. The molecule has 0 radical (unpaired) electrons. The van der Waals surface area contributed by atoms with Crippen molar-refractivity contribution in [2.75, 3.05) is 5.73 Å². The van der Waals surface area contributed by atoms with E-state index in [0.29, 0.717) is 5.69 Å². The largest absolute Gasteiger partial charge is 0.399 e. The summed E-state index contributed by atoms with van der Waals surface area (Å²) in [5.41, 5.74) is 7.04. The highest BCUT2D eigenvalue weighted by Crippen LogP contribution is 2.09. The Morgan fingerprint density at radius 2 is 2.17 bits per heavy atom. The van der Waals surface area contributed by atoms with Gasteiger partial charge in [0.15, 0.2) is 5.03 Å². The number of hydrogen-bond acceptors (Lipinski definition) is 4. The van der Waals surface area contributed by atoms with E-state index >= 15 is 0 Å². The summed E-state index contributed by atoms with van der Waals surface area (Å²) >= 11 is 0. The van der Waals surface area contributed by atoms with Gasteiger partial charge in [0, 0.05) is 19.3 Å². The normalized spacial score (nSPS) is 11.6. The van der Waals surface area contributed by atoms with Gasteiger partial charge >= 0.3 is 0 Å². The Morgan fingerprint density at radius 3 is 2.78 bits per heavy atom. The first kappa shape index (κ1) is 12.6. The van der Waals surface area contributed by atoms with Gasteiger partial charge < -0.3 is 5.73 Å². The molecule has 96 valence electrons. The molecule has 0 bridgehead atoms. The Morgan fingerprint density at radius 1 is 1.39 bits per heavy atom. The maximum absolute atomic E-state index is 12.0. The minimum Gasteiger partial charge on any atom is -0.399 e. The van der Waals surface area contributed by atoms with Crippen molar-refractivity contribution in [1.29, 1.82) is 0 Å². The highest BCUT2D eigenvalue weighted by Gasteiger charge is 2.17. The molecular formula is C11H14N4O2S. The van der Waals surface area contributed by atoms with Crippen LogP contribution in [-0.4, -0.2) is 18.2 Å². The van der Waals surface area contributed by atoms with E-state index in [1.807, 2.05) is 6.07 Å². The smallest absolute Gasteiger partial charge is 0.258 e. The second kappa shape index (κ2) is 4.79. The van der Waals surface area contributed by atoms with Crippen molar-refractivity contribution in [1.82, 2.24) is 14.5 Å². The van der Waals surface area contributed by atoms with E-state index in [4.69, 9.17) is 5.73 Å². The summed E-state index contributed by atoms with van der Waals surface area (Å²) in [5.74, 6) is 0. The molecule has 1 aromatic heterocycles. The summed E-state index contributed by atoms with van der Waals surface area (Å²) in [7, 11) is -1.97. The molecule has 1 aromatic carbocycles. The number of benzene rings is 1. The zero-order chi connectivity index (χ0) is 13.2. The van der Waals surface area contributed by atoms with Crippen molar-refractivity contribution in [3.63, 3.8) is 0 Å². The molecule has 0 spiro atoms. The van der Waals surface area contributed by atoms with Crippen LogP contribution in [0.25, 0.3) is 0 Å². The Hall–Kier alpha value is -1.86. The number of aryl methyl sites for hydroxylation is 1. The average Bonchev–Trinajstić information content (AvgIpc) is 2.74. The zero-order valence-corrected chi connectivity index (χ0v) is 10.7. The van der Waals surface area contributed by atoms with Gasteiger partial charge in [0.2, 0.25) is 0 Å². The number of aromatic nitrogens is 2. The number of sulfonamides is 1. The number of nitrogen functional groups attached to an aromatic ring is 1. The number of rotatable bonds is 4. The van der Waals surface area contributed by atoms with Gasteiger partial charge in [-0.2, -0.15) is 5.10 Å². The van der Waals surface area contributed by atoms with Gasteiger partial charge in [-0.25, -0.2) is 13.1 Å². The van der Waals surface area contributed by atoms with Crippen molar-refractivity contribution < 1.29 is 8.42 Å². The quantitative estimate of drug-likeness (QED) is 0.788. The molecule has 6 nitrogen and oxygen atoms in total. The molecule has 2 rings (SSSR count). The maximum Gasteiger partial charge on any atom is 0.258 e. The molecule has 0 saturated heterocycles. The van der Waals surface area contributed by atoms with Crippen molar-refractivity contribution in [3.05, 3.63) is 42.1 Å². The molecule has 7 heteroatoms. The molecular weight excluding hydrogens is 252 g/mol. The summed E-state index contributed by atoms with van der Waals surface area (Å²) in [6.07, 6.45) is 1.44. The van der Waals surface area contributed by atoms with Gasteiger partial charge in [-0.3, -0.25) is 4.68 Å². The van der Waals surface area contributed by atoms with E-state index in [1.165, 1.54) is 16.9 Å². The molecule has 0 fully saturated rings. The van der Waals surface area contributed by atoms with Crippen LogP contribution in [0.3, 0.4) is 0 Å². The molecule has 0 aliphatic heterocycles. The van der Waals surface area contributed by atoms with Crippen LogP contribution in [-0.2, 0) is 23.6 Å². The summed E-state index contributed by atoms with van der Waals surface area (Å²) in [4.78, 5) is 0. The average molecular weight is 266 g/mol. The van der Waals surface area contributed by atoms with Crippen LogP contribution in [0, 0.1) is 0 Å². The summed E-state index contributed by atoms with van der Waals surface area (Å²) in [6.45, 7) is 0.193. The topological polar surface area (TPSA) is 90.0 Å². The van der Waals surface area contributed by atoms with Gasteiger partial charge in [-0.1, -0.05) is 12.1 Å². The van der Waals surface area contributed by atoms with E-state index in [-0.39, 0.29) is 11.6 Å². The van der Waals surface area contributed by atoms with Crippen LogP contribution in [0.4, 0.5) is 5.69 Å². The third kappa shape index (κ3) is 2.69. The summed E-state index contributed by atoms with van der Waals surface area (Å²) in [5, 5.41) is 3.96. The van der Waals surface area contributed by atoms with Crippen molar-refractivity contribution in [2.45, 2.75) is 11.6 Å². The second-order valence-corrected chi connectivity index (χ2v) is 5.58. The van der Waals surface area contributed by atoms with Crippen LogP contribution in [0.2, 0.25) is 0 Å². The first-order chi connectivity index (χ1) is 8.49. The SMILES string of the molecule is Cn1nccc1S(=O)(=O)NCc1cccc(N)c1. The zero-order valence-electron chi connectivity index (χ0n) is 9.87. The van der Waals surface area contributed by atoms with E-state index in [2.05, 4.69) is 9.82 Å². The monoisotopic (exact) mass is 266 g/mol. The standard InChI is InChI=1S/C11H14N4O2S/c1-15-11(5-6-13-15)18(16,17)14-8-9-3-2-4-10(12)7-9/h2-7,14H,8,12H2,1H3. The van der Waals surface area contributed by atoms with Gasteiger partial charge in [0.1, 0.15) is 0 Å². The molecule has 0 aliphatic rings. The van der Waals surface area contributed by atoms with Gasteiger partial charge in [-0.15, -0.1) is 0 Å². The Bertz CT molecular complexity index is 649. The first-order valence-corrected chi connectivity index (χ1v) is 6.79. The van der Waals surface area contributed by atoms with Crippen molar-refractivity contribution in [2.24, 2.45) is 7.05 Å². The summed E-state index contributed by atoms with van der Waals surface area (Å²) < 4.78 is 27.7. The lowest BCUT2D eigenvalue weighted by molar-refractivity contribution is 0.563. The first-order valence-electron chi connectivity index (χ1n) is 5.31. The predicted octanol–water partition coefficient (Wildman–Crippen LogP) is 0.481. The Kier molecular flexibility index (Phi) is 3.35. The van der Waals surface area contributed by atoms with Crippen molar-refractivity contribution in [3.8, 4) is 0 Å². The molecule has 0 aliphatic carbocycles. The third-order valence-corrected chi connectivity index (χ3v) is 3.94. The van der Waals surface area contributed by atoms with Crippen LogP contribution in [0.5, 0.6) is 0 Å². The number of nitrogens with one attached hydrogen (secondary N) is 1. The molecule has 0 unspecified atom stereocenters. The minimum atomic E-state index is -3.55. The molecule has 18 heavy (non-hydrogen) atoms. The Labute approximate surface area is 105 Å². The predicted molar refractivity (Wildman–Crippen MR) is 68.1 cm³/mol. The fourth-order valence-corrected chi connectivity index (χ4v) is 2.72. The lowest BCUT2D eigenvalue weighted by atomic mass is 10.2. The highest BCUT2D eigenvalue weighted by atomic mass is 32.2.